The van der Waals surface area contributed by atoms with E-state index in [0.717, 1.165) is 32.4 Å². The summed E-state index contributed by atoms with van der Waals surface area (Å²) in [6.45, 7) is 4.01. The zero-order chi connectivity index (χ0) is 15.5. The van der Waals surface area contributed by atoms with Crippen molar-refractivity contribution < 1.29 is 4.74 Å². The van der Waals surface area contributed by atoms with E-state index in [0.29, 0.717) is 0 Å². The van der Waals surface area contributed by atoms with E-state index in [9.17, 15) is 0 Å². The van der Waals surface area contributed by atoms with E-state index in [-0.39, 0.29) is 0 Å². The molecule has 0 fully saturated rings. The predicted octanol–water partition coefficient (Wildman–Crippen LogP) is 4.45. The molecule has 1 N–H and O–H groups in total. The average Bonchev–Trinajstić information content (AvgIpc) is 2.95. The Hall–Kier alpha value is -2.40. The van der Waals surface area contributed by atoms with Crippen molar-refractivity contribution in [3.05, 3.63) is 53.6 Å². The number of para-hydroxylation sites is 1. The Balaban J connectivity index is 1.87. The molecule has 2 aromatic carbocycles. The van der Waals surface area contributed by atoms with Crippen molar-refractivity contribution in [3.8, 4) is 5.75 Å². The summed E-state index contributed by atoms with van der Waals surface area (Å²) >= 11 is 1.59. The Morgan fingerprint density at radius 3 is 2.82 bits per heavy atom. The molecule has 0 saturated carbocycles. The van der Waals surface area contributed by atoms with Gasteiger partial charge in [-0.2, -0.15) is 5.10 Å². The highest BCUT2D eigenvalue weighted by molar-refractivity contribution is 7.22. The van der Waals surface area contributed by atoms with Crippen LogP contribution in [0.1, 0.15) is 18.1 Å². The molecular weight excluding hydrogens is 294 g/mol. The lowest BCUT2D eigenvalue weighted by Crippen LogP contribution is -2.02. The molecule has 0 aliphatic rings. The fraction of sp³-hybridized carbons (Fsp3) is 0.176. The van der Waals surface area contributed by atoms with Gasteiger partial charge in [0.1, 0.15) is 5.75 Å². The maximum absolute atomic E-state index is 5.40. The molecule has 0 radical (unpaired) electrons. The van der Waals surface area contributed by atoms with Gasteiger partial charge in [-0.05, 0) is 38.1 Å². The third kappa shape index (κ3) is 2.94. The zero-order valence-electron chi connectivity index (χ0n) is 12.8. The van der Waals surface area contributed by atoms with Crippen LogP contribution in [0.3, 0.4) is 0 Å². The van der Waals surface area contributed by atoms with Crippen molar-refractivity contribution in [2.24, 2.45) is 5.10 Å². The van der Waals surface area contributed by atoms with Crippen molar-refractivity contribution in [1.29, 1.82) is 0 Å². The van der Waals surface area contributed by atoms with Crippen LogP contribution in [-0.2, 0) is 0 Å². The average molecular weight is 311 g/mol. The number of benzene rings is 2. The van der Waals surface area contributed by atoms with E-state index in [4.69, 9.17) is 4.74 Å². The van der Waals surface area contributed by atoms with Gasteiger partial charge in [0.15, 0.2) is 0 Å². The summed E-state index contributed by atoms with van der Waals surface area (Å²) in [4.78, 5) is 4.51. The SMILES string of the molecule is COc1ccc(C)cc1/C(C)=N\Nc1nc2ccccc2s1. The van der Waals surface area contributed by atoms with Crippen LogP contribution in [0.2, 0.25) is 0 Å². The minimum absolute atomic E-state index is 0.784. The molecule has 3 aromatic rings. The number of ether oxygens (including phenoxy) is 1. The summed E-state index contributed by atoms with van der Waals surface area (Å²) in [6, 6.07) is 14.1. The number of hydrazone groups is 1. The highest BCUT2D eigenvalue weighted by atomic mass is 32.1. The number of aryl methyl sites for hydroxylation is 1. The quantitative estimate of drug-likeness (QED) is 0.572. The first-order chi connectivity index (χ1) is 10.7. The largest absolute Gasteiger partial charge is 0.496 e. The molecule has 1 aromatic heterocycles. The molecule has 5 heteroatoms. The van der Waals surface area contributed by atoms with Gasteiger partial charge in [-0.15, -0.1) is 0 Å². The molecule has 0 atom stereocenters. The minimum Gasteiger partial charge on any atom is -0.496 e. The zero-order valence-corrected chi connectivity index (χ0v) is 13.6. The number of rotatable bonds is 4. The van der Waals surface area contributed by atoms with Crippen molar-refractivity contribution in [1.82, 2.24) is 4.98 Å². The summed E-state index contributed by atoms with van der Waals surface area (Å²) in [5.74, 6) is 0.818. The molecule has 0 amide bonds. The predicted molar refractivity (Wildman–Crippen MR) is 93.2 cm³/mol. The van der Waals surface area contributed by atoms with Crippen LogP contribution in [-0.4, -0.2) is 17.8 Å². The molecule has 1 heterocycles. The van der Waals surface area contributed by atoms with Gasteiger partial charge >= 0.3 is 0 Å². The molecule has 0 aliphatic heterocycles. The second-order valence-corrected chi connectivity index (χ2v) is 6.03. The van der Waals surface area contributed by atoms with Crippen LogP contribution >= 0.6 is 11.3 Å². The second-order valence-electron chi connectivity index (χ2n) is 5.00. The van der Waals surface area contributed by atoms with Crippen LogP contribution < -0.4 is 10.2 Å². The number of hydrogen-bond donors (Lipinski definition) is 1. The lowest BCUT2D eigenvalue weighted by atomic mass is 10.1. The van der Waals surface area contributed by atoms with Crippen molar-refractivity contribution >= 4 is 32.4 Å². The van der Waals surface area contributed by atoms with Crippen molar-refractivity contribution in [2.75, 3.05) is 12.5 Å². The van der Waals surface area contributed by atoms with Crippen LogP contribution in [0.25, 0.3) is 10.2 Å². The number of anilines is 1. The van der Waals surface area contributed by atoms with Crippen LogP contribution in [0.5, 0.6) is 5.75 Å². The summed E-state index contributed by atoms with van der Waals surface area (Å²) < 4.78 is 6.54. The molecular formula is C17H17N3OS. The first kappa shape index (κ1) is 14.5. The van der Waals surface area contributed by atoms with E-state index in [1.807, 2.05) is 37.3 Å². The molecule has 0 unspecified atom stereocenters. The summed E-state index contributed by atoms with van der Waals surface area (Å²) in [5, 5.41) is 5.23. The number of methoxy groups -OCH3 is 1. The highest BCUT2D eigenvalue weighted by Gasteiger charge is 2.07. The Labute approximate surface area is 133 Å². The van der Waals surface area contributed by atoms with Crippen LogP contribution in [0.15, 0.2) is 47.6 Å². The van der Waals surface area contributed by atoms with Gasteiger partial charge in [0, 0.05) is 5.56 Å². The number of nitrogens with one attached hydrogen (secondary N) is 1. The lowest BCUT2D eigenvalue weighted by Gasteiger charge is -2.09. The lowest BCUT2D eigenvalue weighted by molar-refractivity contribution is 0.414. The Bertz CT molecular complexity index is 806. The van der Waals surface area contributed by atoms with Crippen molar-refractivity contribution in [3.63, 3.8) is 0 Å². The molecule has 3 rings (SSSR count). The van der Waals surface area contributed by atoms with Gasteiger partial charge in [0.2, 0.25) is 5.13 Å². The first-order valence-electron chi connectivity index (χ1n) is 6.98. The summed E-state index contributed by atoms with van der Waals surface area (Å²) in [6.07, 6.45) is 0. The summed E-state index contributed by atoms with van der Waals surface area (Å²) in [7, 11) is 1.67. The second kappa shape index (κ2) is 6.15. The van der Waals surface area contributed by atoms with E-state index in [1.54, 1.807) is 18.4 Å². The van der Waals surface area contributed by atoms with E-state index in [1.165, 1.54) is 5.56 Å². The van der Waals surface area contributed by atoms with Gasteiger partial charge in [-0.25, -0.2) is 4.98 Å². The molecule has 4 nitrogen and oxygen atoms in total. The summed E-state index contributed by atoms with van der Waals surface area (Å²) in [5.41, 5.74) is 7.04. The Morgan fingerprint density at radius 1 is 1.23 bits per heavy atom. The molecule has 22 heavy (non-hydrogen) atoms. The smallest absolute Gasteiger partial charge is 0.204 e. The number of aromatic nitrogens is 1. The molecule has 0 spiro atoms. The highest BCUT2D eigenvalue weighted by Crippen LogP contribution is 2.26. The maximum Gasteiger partial charge on any atom is 0.204 e. The van der Waals surface area contributed by atoms with Gasteiger partial charge in [-0.3, -0.25) is 5.43 Å². The standard InChI is InChI=1S/C17H17N3OS/c1-11-8-9-15(21-3)13(10-11)12(2)19-20-17-18-14-6-4-5-7-16(14)22-17/h4-10H,1-3H3,(H,18,20)/b19-12-. The Morgan fingerprint density at radius 2 is 2.05 bits per heavy atom. The van der Waals surface area contributed by atoms with E-state index < -0.39 is 0 Å². The normalized spacial score (nSPS) is 11.7. The monoisotopic (exact) mass is 311 g/mol. The first-order valence-corrected chi connectivity index (χ1v) is 7.80. The topological polar surface area (TPSA) is 46.5 Å². The van der Waals surface area contributed by atoms with Crippen LogP contribution in [0.4, 0.5) is 5.13 Å². The minimum atomic E-state index is 0.784. The van der Waals surface area contributed by atoms with E-state index >= 15 is 0 Å². The molecule has 0 saturated heterocycles. The molecule has 0 bridgehead atoms. The fourth-order valence-electron chi connectivity index (χ4n) is 2.22. The molecule has 112 valence electrons. The third-order valence-electron chi connectivity index (χ3n) is 3.36. The molecule has 0 aliphatic carbocycles. The number of hydrogen-bond acceptors (Lipinski definition) is 5. The van der Waals surface area contributed by atoms with Crippen LogP contribution in [0, 0.1) is 6.92 Å². The fourth-order valence-corrected chi connectivity index (χ4v) is 3.02. The van der Waals surface area contributed by atoms with Gasteiger partial charge in [0.05, 0.1) is 23.0 Å². The maximum atomic E-state index is 5.40. The van der Waals surface area contributed by atoms with Gasteiger partial charge in [-0.1, -0.05) is 35.1 Å². The number of thiazole rings is 1. The van der Waals surface area contributed by atoms with E-state index in [2.05, 4.69) is 34.6 Å². The van der Waals surface area contributed by atoms with Gasteiger partial charge in [0.25, 0.3) is 0 Å². The third-order valence-corrected chi connectivity index (χ3v) is 4.30. The van der Waals surface area contributed by atoms with Crippen molar-refractivity contribution in [2.45, 2.75) is 13.8 Å². The number of fused-ring (bicyclic) bond motifs is 1. The van der Waals surface area contributed by atoms with Gasteiger partial charge < -0.3 is 4.74 Å². The Kier molecular flexibility index (Phi) is 4.06. The number of nitrogens with zero attached hydrogens (tertiary/aromatic N) is 2.